The minimum Gasteiger partial charge on any atom is -0.354 e. The molecule has 7 heavy (non-hydrogen) atoms. The third-order valence-electron chi connectivity index (χ3n) is 0.520. The van der Waals surface area contributed by atoms with Gasteiger partial charge in [0.25, 0.3) is 0 Å². The Kier molecular flexibility index (Phi) is 4.16. The van der Waals surface area contributed by atoms with E-state index in [1.54, 1.807) is 6.92 Å². The van der Waals surface area contributed by atoms with Gasteiger partial charge in [-0.15, -0.1) is 0 Å². The number of aliphatic hydroxyl groups is 2. The van der Waals surface area contributed by atoms with Crippen LogP contribution in [0.15, 0.2) is 0 Å². The molecule has 0 amide bonds. The lowest BCUT2D eigenvalue weighted by Gasteiger charge is -2.10. The predicted molar refractivity (Wildman–Crippen MR) is 26.7 cm³/mol. The zero-order valence-electron chi connectivity index (χ0n) is 4.39. The van der Waals surface area contributed by atoms with Crippen molar-refractivity contribution >= 4 is 0 Å². The highest BCUT2D eigenvalue weighted by Crippen LogP contribution is 1.90. The van der Waals surface area contributed by atoms with Crippen LogP contribution < -0.4 is 11.9 Å². The van der Waals surface area contributed by atoms with Gasteiger partial charge in [0.15, 0.2) is 0 Å². The summed E-state index contributed by atoms with van der Waals surface area (Å²) in [6.07, 6.45) is 0.160. The first-order chi connectivity index (χ1) is 2.56. The van der Waals surface area contributed by atoms with Crippen LogP contribution in [-0.2, 0) is 0 Å². The van der Waals surface area contributed by atoms with Crippen molar-refractivity contribution in [1.82, 2.24) is 6.15 Å². The second-order valence-corrected chi connectivity index (χ2v) is 1.23. The van der Waals surface area contributed by atoms with Crippen molar-refractivity contribution in [2.24, 2.45) is 5.73 Å². The van der Waals surface area contributed by atoms with Gasteiger partial charge in [-0.2, -0.15) is 0 Å². The third-order valence-corrected chi connectivity index (χ3v) is 0.520. The number of hydrogen-bond acceptors (Lipinski definition) is 4. The fourth-order valence-corrected chi connectivity index (χ4v) is 0. The van der Waals surface area contributed by atoms with E-state index in [4.69, 9.17) is 10.2 Å². The fourth-order valence-electron chi connectivity index (χ4n) is 0. The molecule has 0 saturated carbocycles. The van der Waals surface area contributed by atoms with Crippen LogP contribution in [0, 0.1) is 0 Å². The lowest BCUT2D eigenvalue weighted by molar-refractivity contribution is -0.156. The first-order valence-electron chi connectivity index (χ1n) is 1.80. The second-order valence-electron chi connectivity index (χ2n) is 1.23. The average molecular weight is 108 g/mol. The van der Waals surface area contributed by atoms with Gasteiger partial charge in [0.05, 0.1) is 0 Å². The molecule has 4 heteroatoms. The van der Waals surface area contributed by atoms with Crippen molar-refractivity contribution < 1.29 is 10.2 Å². The predicted octanol–water partition coefficient (Wildman–Crippen LogP) is -0.845. The van der Waals surface area contributed by atoms with Gasteiger partial charge in [-0.25, -0.2) is 0 Å². The fraction of sp³-hybridized carbons (Fsp3) is 1.00. The maximum Gasteiger partial charge on any atom is 0.219 e. The van der Waals surface area contributed by atoms with Crippen LogP contribution in [0.2, 0.25) is 0 Å². The Labute approximate surface area is 42.5 Å². The molecule has 0 aromatic carbocycles. The van der Waals surface area contributed by atoms with Crippen LogP contribution in [0.1, 0.15) is 13.3 Å². The lowest BCUT2D eigenvalue weighted by atomic mass is 10.4. The van der Waals surface area contributed by atoms with Gasteiger partial charge in [-0.1, -0.05) is 6.92 Å². The molecule has 46 valence electrons. The molecule has 0 radical (unpaired) electrons. The monoisotopic (exact) mass is 108 g/mol. The second kappa shape index (κ2) is 2.92. The molecule has 0 rings (SSSR count). The number of nitrogens with two attached hydrogens (primary N) is 1. The van der Waals surface area contributed by atoms with Gasteiger partial charge < -0.3 is 16.4 Å². The van der Waals surface area contributed by atoms with Gasteiger partial charge in [-0.3, -0.25) is 5.73 Å². The van der Waals surface area contributed by atoms with Gasteiger partial charge in [0.2, 0.25) is 5.91 Å². The van der Waals surface area contributed by atoms with E-state index >= 15 is 0 Å². The van der Waals surface area contributed by atoms with Crippen molar-refractivity contribution in [1.29, 1.82) is 0 Å². The molecule has 0 aliphatic carbocycles. The van der Waals surface area contributed by atoms with Gasteiger partial charge in [-0.05, 0) is 0 Å². The molecule has 0 heterocycles. The van der Waals surface area contributed by atoms with E-state index in [0.717, 1.165) is 0 Å². The minimum atomic E-state index is -1.96. The molecule has 0 atom stereocenters. The highest BCUT2D eigenvalue weighted by molar-refractivity contribution is 4.45. The molecular weight excluding hydrogens is 96.0 g/mol. The molecule has 0 aliphatic heterocycles. The number of rotatable bonds is 1. The maximum atomic E-state index is 8.16. The summed E-state index contributed by atoms with van der Waals surface area (Å²) in [7, 11) is 0. The van der Waals surface area contributed by atoms with E-state index in [-0.39, 0.29) is 12.6 Å². The summed E-state index contributed by atoms with van der Waals surface area (Å²) in [6, 6.07) is 0. The first-order valence-corrected chi connectivity index (χ1v) is 1.80. The van der Waals surface area contributed by atoms with Gasteiger partial charge in [0, 0.05) is 6.42 Å². The Morgan fingerprint density at radius 2 is 1.71 bits per heavy atom. The quantitative estimate of drug-likeness (QED) is 0.329. The van der Waals surface area contributed by atoms with E-state index in [9.17, 15) is 0 Å². The van der Waals surface area contributed by atoms with Crippen LogP contribution in [-0.4, -0.2) is 16.1 Å². The summed E-state index contributed by atoms with van der Waals surface area (Å²) in [5.74, 6) is -1.96. The summed E-state index contributed by atoms with van der Waals surface area (Å²) < 4.78 is 0. The molecule has 0 aromatic rings. The first kappa shape index (κ1) is 9.96. The molecule has 0 fully saturated rings. The Hall–Kier alpha value is -0.160. The largest absolute Gasteiger partial charge is 0.354 e. The minimum absolute atomic E-state index is 0. The standard InChI is InChI=1S/C3H9NO2.H3N/c1-2-3(4,5)6;/h5-6H,2,4H2,1H3;1H3. The smallest absolute Gasteiger partial charge is 0.219 e. The molecule has 4 nitrogen and oxygen atoms in total. The van der Waals surface area contributed by atoms with Gasteiger partial charge >= 0.3 is 0 Å². The Morgan fingerprint density at radius 1 is 1.57 bits per heavy atom. The van der Waals surface area contributed by atoms with Crippen molar-refractivity contribution in [3.63, 3.8) is 0 Å². The highest BCUT2D eigenvalue weighted by atomic mass is 16.5. The van der Waals surface area contributed by atoms with Gasteiger partial charge in [0.1, 0.15) is 0 Å². The molecule has 0 spiro atoms. The topological polar surface area (TPSA) is 101 Å². The lowest BCUT2D eigenvalue weighted by Crippen LogP contribution is -2.37. The van der Waals surface area contributed by atoms with Crippen LogP contribution in [0.25, 0.3) is 0 Å². The molecule has 0 unspecified atom stereocenters. The van der Waals surface area contributed by atoms with Crippen LogP contribution in [0.5, 0.6) is 0 Å². The van der Waals surface area contributed by atoms with Crippen molar-refractivity contribution in [3.8, 4) is 0 Å². The summed E-state index contributed by atoms with van der Waals surface area (Å²) >= 11 is 0. The Morgan fingerprint density at radius 3 is 1.71 bits per heavy atom. The SMILES string of the molecule is CCC(N)(O)O.N. The summed E-state index contributed by atoms with van der Waals surface area (Å²) in [5, 5.41) is 16.3. The van der Waals surface area contributed by atoms with E-state index in [0.29, 0.717) is 0 Å². The molecule has 0 saturated heterocycles. The van der Waals surface area contributed by atoms with E-state index in [1.165, 1.54) is 0 Å². The normalized spacial score (nSPS) is 10.3. The summed E-state index contributed by atoms with van der Waals surface area (Å²) in [5.41, 5.74) is 4.65. The molecule has 0 aromatic heterocycles. The maximum absolute atomic E-state index is 8.16. The Balaban J connectivity index is 0. The average Bonchev–Trinajstić information content (AvgIpc) is 1.35. The Bertz CT molecular complexity index is 40.7. The highest BCUT2D eigenvalue weighted by Gasteiger charge is 2.09. The van der Waals surface area contributed by atoms with E-state index in [2.05, 4.69) is 5.73 Å². The summed E-state index contributed by atoms with van der Waals surface area (Å²) in [4.78, 5) is 0. The molecular formula is C3H12N2O2. The van der Waals surface area contributed by atoms with Crippen molar-refractivity contribution in [3.05, 3.63) is 0 Å². The van der Waals surface area contributed by atoms with Crippen LogP contribution in [0.3, 0.4) is 0 Å². The molecule has 0 aliphatic rings. The number of hydrogen-bond donors (Lipinski definition) is 4. The van der Waals surface area contributed by atoms with Crippen LogP contribution in [0.4, 0.5) is 0 Å². The third kappa shape index (κ3) is 10.7. The van der Waals surface area contributed by atoms with Crippen molar-refractivity contribution in [2.75, 3.05) is 0 Å². The molecule has 0 bridgehead atoms. The van der Waals surface area contributed by atoms with Crippen molar-refractivity contribution in [2.45, 2.75) is 19.3 Å². The zero-order chi connectivity index (χ0) is 5.21. The van der Waals surface area contributed by atoms with E-state index in [1.807, 2.05) is 0 Å². The van der Waals surface area contributed by atoms with Crippen LogP contribution >= 0.6 is 0 Å². The molecule has 7 N–H and O–H groups in total. The summed E-state index contributed by atoms with van der Waals surface area (Å²) in [6.45, 7) is 1.58. The zero-order valence-corrected chi connectivity index (χ0v) is 4.39. The van der Waals surface area contributed by atoms with E-state index < -0.39 is 5.91 Å².